The van der Waals surface area contributed by atoms with Crippen molar-refractivity contribution in [3.63, 3.8) is 0 Å². The lowest BCUT2D eigenvalue weighted by molar-refractivity contribution is -0.140. The molecule has 2 aromatic carbocycles. The third-order valence-electron chi connectivity index (χ3n) is 6.06. The summed E-state index contributed by atoms with van der Waals surface area (Å²) < 4.78 is 26.2. The van der Waals surface area contributed by atoms with E-state index in [0.717, 1.165) is 41.8 Å². The molecule has 0 aliphatic heterocycles. The van der Waals surface area contributed by atoms with Crippen molar-refractivity contribution < 1.29 is 18.0 Å². The van der Waals surface area contributed by atoms with Gasteiger partial charge in [-0.15, -0.1) is 0 Å². The third kappa shape index (κ3) is 6.96. The molecular formula is C25H32ClN3O4S. The Morgan fingerprint density at radius 2 is 1.76 bits per heavy atom. The van der Waals surface area contributed by atoms with E-state index < -0.39 is 28.5 Å². The second-order valence-corrected chi connectivity index (χ2v) is 11.0. The molecule has 1 atom stereocenters. The van der Waals surface area contributed by atoms with Gasteiger partial charge in [0.25, 0.3) is 0 Å². The number of anilines is 1. The van der Waals surface area contributed by atoms with Crippen LogP contribution in [0, 0.1) is 0 Å². The second-order valence-electron chi connectivity index (χ2n) is 8.67. The van der Waals surface area contributed by atoms with Gasteiger partial charge in [0.1, 0.15) is 12.6 Å². The molecule has 2 amide bonds. The van der Waals surface area contributed by atoms with Crippen LogP contribution in [0.25, 0.3) is 0 Å². The fourth-order valence-corrected chi connectivity index (χ4v) is 5.34. The number of sulfonamides is 1. The summed E-state index contributed by atoms with van der Waals surface area (Å²) in [5.41, 5.74) is 1.16. The summed E-state index contributed by atoms with van der Waals surface area (Å²) in [5, 5.41) is 3.45. The Bertz CT molecular complexity index is 1090. The highest BCUT2D eigenvalue weighted by atomic mass is 35.5. The normalized spacial score (nSPS) is 15.0. The van der Waals surface area contributed by atoms with E-state index in [1.54, 1.807) is 18.2 Å². The van der Waals surface area contributed by atoms with Crippen LogP contribution in [0.4, 0.5) is 5.69 Å². The summed E-state index contributed by atoms with van der Waals surface area (Å²) in [7, 11) is -3.78. The van der Waals surface area contributed by atoms with Gasteiger partial charge in [-0.05, 0) is 43.0 Å². The smallest absolute Gasteiger partial charge is 0.244 e. The van der Waals surface area contributed by atoms with Crippen LogP contribution < -0.4 is 9.62 Å². The van der Waals surface area contributed by atoms with Crippen LogP contribution in [0.3, 0.4) is 0 Å². The van der Waals surface area contributed by atoms with Gasteiger partial charge in [-0.3, -0.25) is 13.9 Å². The Hall–Kier alpha value is -2.58. The van der Waals surface area contributed by atoms with Crippen molar-refractivity contribution >= 4 is 39.1 Å². The van der Waals surface area contributed by atoms with E-state index in [0.29, 0.717) is 17.1 Å². The van der Waals surface area contributed by atoms with E-state index >= 15 is 0 Å². The van der Waals surface area contributed by atoms with Gasteiger partial charge in [0.2, 0.25) is 21.8 Å². The average molecular weight is 506 g/mol. The Kier molecular flexibility index (Phi) is 8.97. The van der Waals surface area contributed by atoms with Gasteiger partial charge in [0, 0.05) is 17.6 Å². The van der Waals surface area contributed by atoms with Gasteiger partial charge >= 0.3 is 0 Å². The molecule has 184 valence electrons. The summed E-state index contributed by atoms with van der Waals surface area (Å²) in [6.07, 6.45) is 5.49. The Balaban J connectivity index is 1.90. The zero-order chi connectivity index (χ0) is 24.7. The molecule has 0 radical (unpaired) electrons. The van der Waals surface area contributed by atoms with E-state index in [1.807, 2.05) is 37.3 Å². The molecule has 34 heavy (non-hydrogen) atoms. The maximum absolute atomic E-state index is 13.6. The van der Waals surface area contributed by atoms with E-state index in [2.05, 4.69) is 5.32 Å². The van der Waals surface area contributed by atoms with Gasteiger partial charge in [0.05, 0.1) is 11.9 Å². The predicted octanol–water partition coefficient (Wildman–Crippen LogP) is 3.97. The summed E-state index contributed by atoms with van der Waals surface area (Å²) in [6, 6.07) is 15.1. The number of amides is 2. The van der Waals surface area contributed by atoms with Crippen LogP contribution in [-0.2, 0) is 26.2 Å². The topological polar surface area (TPSA) is 86.8 Å². The first-order chi connectivity index (χ1) is 16.2. The quantitative estimate of drug-likeness (QED) is 0.529. The first kappa shape index (κ1) is 26.0. The molecule has 2 aromatic rings. The highest BCUT2D eigenvalue weighted by molar-refractivity contribution is 7.92. The highest BCUT2D eigenvalue weighted by Crippen LogP contribution is 2.23. The number of hydrogen-bond acceptors (Lipinski definition) is 4. The maximum Gasteiger partial charge on any atom is 0.244 e. The number of carbonyl (C=O) groups is 2. The molecule has 0 heterocycles. The molecule has 0 spiro atoms. The largest absolute Gasteiger partial charge is 0.352 e. The standard InChI is InChI=1S/C25H32ClN3O4S/c1-3-23(25(31)27-21-13-7-8-14-21)28(17-19-10-5-4-6-11-19)24(30)18-29(34(2,32)33)22-15-9-12-20(26)16-22/h4-6,9-12,15-16,21,23H,3,7-8,13-14,17-18H2,1-2H3,(H,27,31). The first-order valence-electron chi connectivity index (χ1n) is 11.6. The summed E-state index contributed by atoms with van der Waals surface area (Å²) in [6.45, 7) is 1.62. The Labute approximate surface area is 207 Å². The van der Waals surface area contributed by atoms with Crippen LogP contribution in [-0.4, -0.2) is 50.0 Å². The number of nitrogens with one attached hydrogen (secondary N) is 1. The molecule has 1 unspecified atom stereocenters. The number of halogens is 1. The second kappa shape index (κ2) is 11.7. The van der Waals surface area contributed by atoms with Crippen LogP contribution in [0.15, 0.2) is 54.6 Å². The number of nitrogens with zero attached hydrogens (tertiary/aromatic N) is 2. The molecule has 1 aliphatic rings. The van der Waals surface area contributed by atoms with E-state index in [-0.39, 0.29) is 18.5 Å². The molecule has 3 rings (SSSR count). The van der Waals surface area contributed by atoms with Crippen molar-refractivity contribution in [2.24, 2.45) is 0 Å². The van der Waals surface area contributed by atoms with Crippen LogP contribution >= 0.6 is 11.6 Å². The fourth-order valence-electron chi connectivity index (χ4n) is 4.31. The lowest BCUT2D eigenvalue weighted by Gasteiger charge is -2.33. The number of benzene rings is 2. The number of carbonyl (C=O) groups excluding carboxylic acids is 2. The van der Waals surface area contributed by atoms with Crippen LogP contribution in [0.2, 0.25) is 5.02 Å². The van der Waals surface area contributed by atoms with Gasteiger partial charge < -0.3 is 10.2 Å². The monoisotopic (exact) mass is 505 g/mol. The van der Waals surface area contributed by atoms with Crippen LogP contribution in [0.1, 0.15) is 44.6 Å². The number of hydrogen-bond donors (Lipinski definition) is 1. The maximum atomic E-state index is 13.6. The van der Waals surface area contributed by atoms with Crippen molar-refractivity contribution in [3.8, 4) is 0 Å². The zero-order valence-corrected chi connectivity index (χ0v) is 21.2. The summed E-state index contributed by atoms with van der Waals surface area (Å²) >= 11 is 6.07. The average Bonchev–Trinajstić information content (AvgIpc) is 3.30. The lowest BCUT2D eigenvalue weighted by atomic mass is 10.1. The van der Waals surface area contributed by atoms with Crippen molar-refractivity contribution in [2.75, 3.05) is 17.1 Å². The van der Waals surface area contributed by atoms with Crippen molar-refractivity contribution in [3.05, 3.63) is 65.2 Å². The zero-order valence-electron chi connectivity index (χ0n) is 19.6. The summed E-state index contributed by atoms with van der Waals surface area (Å²) in [5.74, 6) is -0.657. The molecule has 0 bridgehead atoms. The van der Waals surface area contributed by atoms with Crippen LogP contribution in [0.5, 0.6) is 0 Å². The van der Waals surface area contributed by atoms with E-state index in [4.69, 9.17) is 11.6 Å². The molecule has 7 nitrogen and oxygen atoms in total. The SMILES string of the molecule is CCC(C(=O)NC1CCCC1)N(Cc1ccccc1)C(=O)CN(c1cccc(Cl)c1)S(C)(=O)=O. The highest BCUT2D eigenvalue weighted by Gasteiger charge is 2.33. The van der Waals surface area contributed by atoms with Crippen molar-refractivity contribution in [1.29, 1.82) is 0 Å². The molecule has 1 fully saturated rings. The molecule has 0 aromatic heterocycles. The van der Waals surface area contributed by atoms with Crippen molar-refractivity contribution in [1.82, 2.24) is 10.2 Å². The third-order valence-corrected chi connectivity index (χ3v) is 7.43. The molecular weight excluding hydrogens is 474 g/mol. The van der Waals surface area contributed by atoms with Gasteiger partial charge in [-0.25, -0.2) is 8.42 Å². The van der Waals surface area contributed by atoms with Gasteiger partial charge in [0.15, 0.2) is 0 Å². The van der Waals surface area contributed by atoms with E-state index in [1.165, 1.54) is 11.0 Å². The number of rotatable bonds is 10. The first-order valence-corrected chi connectivity index (χ1v) is 13.8. The molecule has 1 N–H and O–H groups in total. The van der Waals surface area contributed by atoms with Gasteiger partial charge in [-0.1, -0.05) is 67.8 Å². The predicted molar refractivity (Wildman–Crippen MR) is 135 cm³/mol. The minimum absolute atomic E-state index is 0.120. The molecule has 0 saturated heterocycles. The minimum Gasteiger partial charge on any atom is -0.352 e. The van der Waals surface area contributed by atoms with E-state index in [9.17, 15) is 18.0 Å². The summed E-state index contributed by atoms with van der Waals surface area (Å²) in [4.78, 5) is 28.3. The minimum atomic E-state index is -3.78. The lowest BCUT2D eigenvalue weighted by Crippen LogP contribution is -2.53. The molecule has 1 aliphatic carbocycles. The van der Waals surface area contributed by atoms with Crippen molar-refractivity contribution in [2.45, 2.75) is 57.7 Å². The Morgan fingerprint density at radius 1 is 1.09 bits per heavy atom. The van der Waals surface area contributed by atoms with Gasteiger partial charge in [-0.2, -0.15) is 0 Å². The fraction of sp³-hybridized carbons (Fsp3) is 0.440. The molecule has 1 saturated carbocycles. The Morgan fingerprint density at radius 3 is 2.35 bits per heavy atom. The molecule has 9 heteroatoms.